The monoisotopic (exact) mass is 546 g/mol. The fourth-order valence-corrected chi connectivity index (χ4v) is 5.70. The van der Waals surface area contributed by atoms with Gasteiger partial charge < -0.3 is 20.5 Å². The van der Waals surface area contributed by atoms with Crippen LogP contribution >= 0.6 is 0 Å². The molecule has 204 valence electrons. The molecule has 0 saturated carbocycles. The Morgan fingerprint density at radius 2 is 1.77 bits per heavy atom. The van der Waals surface area contributed by atoms with Gasteiger partial charge in [-0.25, -0.2) is 8.42 Å². The molecular formula is C30H34N4O4S. The van der Waals surface area contributed by atoms with E-state index in [4.69, 9.17) is 0 Å². The van der Waals surface area contributed by atoms with Gasteiger partial charge in [0.15, 0.2) is 9.84 Å². The van der Waals surface area contributed by atoms with Gasteiger partial charge in [-0.05, 0) is 74.5 Å². The van der Waals surface area contributed by atoms with E-state index in [-0.39, 0.29) is 16.7 Å². The summed E-state index contributed by atoms with van der Waals surface area (Å²) in [4.78, 5) is 31.5. The molecular weight excluding hydrogens is 512 g/mol. The lowest BCUT2D eigenvalue weighted by molar-refractivity contribution is -0.110. The Hall–Kier alpha value is -3.95. The number of hydrogen-bond donors (Lipinski definition) is 3. The second-order valence-corrected chi connectivity index (χ2v) is 11.3. The van der Waals surface area contributed by atoms with E-state index >= 15 is 0 Å². The van der Waals surface area contributed by atoms with Gasteiger partial charge in [-0.1, -0.05) is 38.1 Å². The molecule has 0 atom stereocenters. The number of fused-ring (bicyclic) bond motifs is 1. The van der Waals surface area contributed by atoms with Crippen LogP contribution in [0.3, 0.4) is 0 Å². The summed E-state index contributed by atoms with van der Waals surface area (Å²) in [6, 6.07) is 13.5. The molecule has 0 unspecified atom stereocenters. The Labute approximate surface area is 229 Å². The maximum absolute atomic E-state index is 13.0. The van der Waals surface area contributed by atoms with E-state index in [1.165, 1.54) is 11.5 Å². The molecule has 0 saturated heterocycles. The predicted octanol–water partition coefficient (Wildman–Crippen LogP) is 4.64. The first-order valence-electron chi connectivity index (χ1n) is 13.0. The molecule has 0 aliphatic carbocycles. The summed E-state index contributed by atoms with van der Waals surface area (Å²) in [6.07, 6.45) is 3.26. The highest BCUT2D eigenvalue weighted by atomic mass is 32.2. The lowest BCUT2D eigenvalue weighted by atomic mass is 10.0. The number of aromatic amines is 1. The quantitative estimate of drug-likeness (QED) is 0.321. The molecule has 2 heterocycles. The molecule has 2 amide bonds. The van der Waals surface area contributed by atoms with E-state index in [2.05, 4.69) is 34.4 Å². The molecule has 0 bridgehead atoms. The first-order chi connectivity index (χ1) is 18.6. The van der Waals surface area contributed by atoms with Crippen LogP contribution in [0.25, 0.3) is 17.7 Å². The van der Waals surface area contributed by atoms with Crippen molar-refractivity contribution in [3.05, 3.63) is 87.6 Å². The van der Waals surface area contributed by atoms with Crippen LogP contribution in [0, 0.1) is 13.8 Å². The summed E-state index contributed by atoms with van der Waals surface area (Å²) in [5.41, 5.74) is 5.11. The molecule has 9 heteroatoms. The van der Waals surface area contributed by atoms with Crippen LogP contribution in [-0.2, 0) is 14.6 Å². The number of likely N-dealkylation sites (N-methyl/N-ethyl adjacent to an activating group) is 1. The van der Waals surface area contributed by atoms with Gasteiger partial charge in [0.05, 0.1) is 16.0 Å². The minimum Gasteiger partial charge on any atom is -0.358 e. The number of rotatable bonds is 10. The summed E-state index contributed by atoms with van der Waals surface area (Å²) >= 11 is 0. The van der Waals surface area contributed by atoms with Gasteiger partial charge in [0.25, 0.3) is 11.8 Å². The number of sulfone groups is 1. The molecule has 1 aliphatic heterocycles. The van der Waals surface area contributed by atoms with Gasteiger partial charge in [-0.3, -0.25) is 9.59 Å². The minimum absolute atomic E-state index is 0.152. The molecule has 0 fully saturated rings. The van der Waals surface area contributed by atoms with Crippen LogP contribution < -0.4 is 10.6 Å². The highest BCUT2D eigenvalue weighted by Crippen LogP contribution is 2.35. The standard InChI is InChI=1S/C30H34N4O4S/c1-5-34(6-2)16-15-31-30(36)28-20(3)27(32-21(28)4)19-25-24-18-22(12-13-26(24)33-29(25)35)14-17-39(37,38)23-10-8-7-9-11-23/h7-14,17-19,32H,5-6,15-16H2,1-4H3,(H,31,36)(H,33,35)/b17-14+,25-19-. The number of amides is 2. The van der Waals surface area contributed by atoms with Gasteiger partial charge in [-0.15, -0.1) is 0 Å². The minimum atomic E-state index is -3.60. The SMILES string of the molecule is CCN(CC)CCNC(=O)c1c(C)[nH]c(/C=C2\C(=O)Nc3ccc(/C=C/S(=O)(=O)c4ccccc4)cc32)c1C. The summed E-state index contributed by atoms with van der Waals surface area (Å²) < 4.78 is 25.3. The third kappa shape index (κ3) is 6.21. The number of aryl methyl sites for hydroxylation is 1. The van der Waals surface area contributed by atoms with E-state index in [0.717, 1.165) is 30.9 Å². The number of nitrogens with one attached hydrogen (secondary N) is 3. The van der Waals surface area contributed by atoms with E-state index < -0.39 is 9.84 Å². The topological polar surface area (TPSA) is 111 Å². The van der Waals surface area contributed by atoms with Crippen LogP contribution in [0.5, 0.6) is 0 Å². The van der Waals surface area contributed by atoms with E-state index in [1.807, 2.05) is 13.8 Å². The van der Waals surface area contributed by atoms with Crippen LogP contribution in [0.1, 0.15) is 52.3 Å². The van der Waals surface area contributed by atoms with Gasteiger partial charge in [0.2, 0.25) is 0 Å². The molecule has 39 heavy (non-hydrogen) atoms. The number of carbonyl (C=O) groups excluding carboxylic acids is 2. The summed E-state index contributed by atoms with van der Waals surface area (Å²) in [5.74, 6) is -0.415. The van der Waals surface area contributed by atoms with E-state index in [1.54, 1.807) is 54.6 Å². The van der Waals surface area contributed by atoms with Crippen LogP contribution in [0.4, 0.5) is 5.69 Å². The fraction of sp³-hybridized carbons (Fsp3) is 0.267. The zero-order valence-corrected chi connectivity index (χ0v) is 23.5. The number of hydrogen-bond acceptors (Lipinski definition) is 5. The van der Waals surface area contributed by atoms with Gasteiger partial charge in [0, 0.05) is 41.1 Å². The van der Waals surface area contributed by atoms with Gasteiger partial charge in [0.1, 0.15) is 0 Å². The Bertz CT molecular complexity index is 1550. The molecule has 4 rings (SSSR count). The smallest absolute Gasteiger partial charge is 0.256 e. The third-order valence-corrected chi connectivity index (χ3v) is 8.36. The third-order valence-electron chi connectivity index (χ3n) is 6.94. The zero-order valence-electron chi connectivity index (χ0n) is 22.7. The number of H-pyrrole nitrogens is 1. The predicted molar refractivity (Wildman–Crippen MR) is 156 cm³/mol. The Kier molecular flexibility index (Phi) is 8.52. The largest absolute Gasteiger partial charge is 0.358 e. The van der Waals surface area contributed by atoms with E-state index in [0.29, 0.717) is 40.2 Å². The van der Waals surface area contributed by atoms with Gasteiger partial charge >= 0.3 is 0 Å². The Morgan fingerprint density at radius 1 is 1.05 bits per heavy atom. The number of anilines is 1. The van der Waals surface area contributed by atoms with Crippen molar-refractivity contribution < 1.29 is 18.0 Å². The average molecular weight is 547 g/mol. The molecule has 1 aromatic heterocycles. The van der Waals surface area contributed by atoms with Gasteiger partial charge in [-0.2, -0.15) is 0 Å². The highest BCUT2D eigenvalue weighted by Gasteiger charge is 2.26. The summed E-state index contributed by atoms with van der Waals surface area (Å²) in [6.45, 7) is 11.1. The molecule has 1 aliphatic rings. The van der Waals surface area contributed by atoms with Crippen molar-refractivity contribution >= 4 is 45.1 Å². The number of benzene rings is 2. The first-order valence-corrected chi connectivity index (χ1v) is 14.5. The summed E-state index contributed by atoms with van der Waals surface area (Å²) in [5, 5.41) is 7.03. The normalized spacial score (nSPS) is 14.3. The lowest BCUT2D eigenvalue weighted by Crippen LogP contribution is -2.35. The maximum atomic E-state index is 13.0. The van der Waals surface area contributed by atoms with Crippen molar-refractivity contribution in [3.63, 3.8) is 0 Å². The lowest BCUT2D eigenvalue weighted by Gasteiger charge is -2.18. The number of aromatic nitrogens is 1. The maximum Gasteiger partial charge on any atom is 0.256 e. The second-order valence-electron chi connectivity index (χ2n) is 9.42. The number of nitrogens with zero attached hydrogens (tertiary/aromatic N) is 1. The zero-order chi connectivity index (χ0) is 28.2. The van der Waals surface area contributed by atoms with Crippen LogP contribution in [0.15, 0.2) is 58.8 Å². The molecule has 8 nitrogen and oxygen atoms in total. The molecule has 3 N–H and O–H groups in total. The average Bonchev–Trinajstić information content (AvgIpc) is 3.39. The Morgan fingerprint density at radius 3 is 2.46 bits per heavy atom. The van der Waals surface area contributed by atoms with Crippen molar-refractivity contribution in [2.45, 2.75) is 32.6 Å². The highest BCUT2D eigenvalue weighted by molar-refractivity contribution is 7.94. The summed E-state index contributed by atoms with van der Waals surface area (Å²) in [7, 11) is -3.60. The Balaban J connectivity index is 1.58. The van der Waals surface area contributed by atoms with E-state index in [9.17, 15) is 18.0 Å². The van der Waals surface area contributed by atoms with Crippen molar-refractivity contribution in [3.8, 4) is 0 Å². The molecule has 0 radical (unpaired) electrons. The van der Waals surface area contributed by atoms with Crippen molar-refractivity contribution in [2.24, 2.45) is 0 Å². The molecule has 0 spiro atoms. The first kappa shape index (κ1) is 28.1. The van der Waals surface area contributed by atoms with Crippen molar-refractivity contribution in [1.29, 1.82) is 0 Å². The van der Waals surface area contributed by atoms with Crippen LogP contribution in [0.2, 0.25) is 0 Å². The number of carbonyl (C=O) groups is 2. The van der Waals surface area contributed by atoms with Crippen LogP contribution in [-0.4, -0.2) is 56.3 Å². The fourth-order valence-electron chi connectivity index (χ4n) is 4.67. The molecule has 3 aromatic rings. The van der Waals surface area contributed by atoms with Crippen molar-refractivity contribution in [2.75, 3.05) is 31.5 Å². The second kappa shape index (κ2) is 11.8. The molecule has 2 aromatic carbocycles. The van der Waals surface area contributed by atoms with Crippen molar-refractivity contribution in [1.82, 2.24) is 15.2 Å².